The second kappa shape index (κ2) is 6.43. The SMILES string of the molecule is CCCC(CNC(=O)c1c(C)[nH]c2ccccc12)C(=O)O. The Bertz CT molecular complexity index is 661. The predicted molar refractivity (Wildman–Crippen MR) is 81.4 cm³/mol. The molecule has 1 aromatic heterocycles. The van der Waals surface area contributed by atoms with E-state index in [0.717, 1.165) is 23.0 Å². The molecule has 5 nitrogen and oxygen atoms in total. The van der Waals surface area contributed by atoms with Crippen molar-refractivity contribution in [3.63, 3.8) is 0 Å². The highest BCUT2D eigenvalue weighted by Gasteiger charge is 2.20. The van der Waals surface area contributed by atoms with Crippen LogP contribution < -0.4 is 5.32 Å². The largest absolute Gasteiger partial charge is 0.481 e. The molecule has 0 saturated carbocycles. The molecule has 5 heteroatoms. The van der Waals surface area contributed by atoms with E-state index in [1.807, 2.05) is 38.1 Å². The minimum Gasteiger partial charge on any atom is -0.481 e. The lowest BCUT2D eigenvalue weighted by molar-refractivity contribution is -0.141. The summed E-state index contributed by atoms with van der Waals surface area (Å²) in [4.78, 5) is 26.6. The first-order valence-electron chi connectivity index (χ1n) is 7.13. The van der Waals surface area contributed by atoms with Gasteiger partial charge in [-0.15, -0.1) is 0 Å². The van der Waals surface area contributed by atoms with Crippen LogP contribution in [0.2, 0.25) is 0 Å². The summed E-state index contributed by atoms with van der Waals surface area (Å²) in [5, 5.41) is 12.7. The lowest BCUT2D eigenvalue weighted by Gasteiger charge is -2.12. The Hall–Kier alpha value is -2.30. The number of aromatic nitrogens is 1. The zero-order valence-corrected chi connectivity index (χ0v) is 12.3. The van der Waals surface area contributed by atoms with Crippen molar-refractivity contribution in [1.29, 1.82) is 0 Å². The minimum absolute atomic E-state index is 0.154. The lowest BCUT2D eigenvalue weighted by Crippen LogP contribution is -2.33. The van der Waals surface area contributed by atoms with Crippen LogP contribution in [0.15, 0.2) is 24.3 Å². The number of para-hydroxylation sites is 1. The fourth-order valence-corrected chi connectivity index (χ4v) is 2.53. The number of H-pyrrole nitrogens is 1. The van der Waals surface area contributed by atoms with Gasteiger partial charge < -0.3 is 15.4 Å². The van der Waals surface area contributed by atoms with Gasteiger partial charge in [0.05, 0.1) is 11.5 Å². The summed E-state index contributed by atoms with van der Waals surface area (Å²) in [7, 11) is 0. The van der Waals surface area contributed by atoms with Crippen LogP contribution in [0.1, 0.15) is 35.8 Å². The Kier molecular flexibility index (Phi) is 4.62. The second-order valence-electron chi connectivity index (χ2n) is 5.20. The van der Waals surface area contributed by atoms with Crippen LogP contribution in [0.3, 0.4) is 0 Å². The maximum absolute atomic E-state index is 12.3. The van der Waals surface area contributed by atoms with Crippen LogP contribution >= 0.6 is 0 Å². The standard InChI is InChI=1S/C16H20N2O3/c1-3-6-11(16(20)21)9-17-15(19)14-10(2)18-13-8-5-4-7-12(13)14/h4-5,7-8,11,18H,3,6,9H2,1-2H3,(H,17,19)(H,20,21). The lowest BCUT2D eigenvalue weighted by atomic mass is 10.0. The number of carbonyl (C=O) groups is 2. The number of carboxylic acid groups (broad SMARTS) is 1. The maximum atomic E-state index is 12.3. The highest BCUT2D eigenvalue weighted by atomic mass is 16.4. The molecule has 0 radical (unpaired) electrons. The number of benzene rings is 1. The third-order valence-corrected chi connectivity index (χ3v) is 3.62. The maximum Gasteiger partial charge on any atom is 0.308 e. The van der Waals surface area contributed by atoms with Crippen molar-refractivity contribution in [2.45, 2.75) is 26.7 Å². The summed E-state index contributed by atoms with van der Waals surface area (Å²) in [6, 6.07) is 7.58. The molecule has 0 aliphatic heterocycles. The van der Waals surface area contributed by atoms with Gasteiger partial charge in [-0.1, -0.05) is 31.5 Å². The Labute approximate surface area is 123 Å². The molecule has 2 rings (SSSR count). The van der Waals surface area contributed by atoms with Gasteiger partial charge in [0.15, 0.2) is 0 Å². The number of aliphatic carboxylic acids is 1. The first kappa shape index (κ1) is 15.1. The minimum atomic E-state index is -0.868. The molecule has 112 valence electrons. The average Bonchev–Trinajstić information content (AvgIpc) is 2.78. The predicted octanol–water partition coefficient (Wildman–Crippen LogP) is 2.71. The van der Waals surface area contributed by atoms with Gasteiger partial charge in [0.25, 0.3) is 5.91 Å². The molecule has 1 amide bonds. The van der Waals surface area contributed by atoms with Gasteiger partial charge in [-0.25, -0.2) is 0 Å². The van der Waals surface area contributed by atoms with Gasteiger partial charge in [0.2, 0.25) is 0 Å². The molecule has 0 spiro atoms. The molecular formula is C16H20N2O3. The topological polar surface area (TPSA) is 82.2 Å². The van der Waals surface area contributed by atoms with Gasteiger partial charge in [-0.2, -0.15) is 0 Å². The van der Waals surface area contributed by atoms with Crippen molar-refractivity contribution in [3.05, 3.63) is 35.5 Å². The molecule has 0 bridgehead atoms. The first-order valence-corrected chi connectivity index (χ1v) is 7.13. The molecule has 3 N–H and O–H groups in total. The van der Waals surface area contributed by atoms with E-state index in [0.29, 0.717) is 12.0 Å². The molecule has 1 heterocycles. The van der Waals surface area contributed by atoms with E-state index in [4.69, 9.17) is 5.11 Å². The number of aryl methyl sites for hydroxylation is 1. The molecular weight excluding hydrogens is 268 g/mol. The van der Waals surface area contributed by atoms with E-state index in [1.54, 1.807) is 0 Å². The van der Waals surface area contributed by atoms with Gasteiger partial charge in [-0.3, -0.25) is 9.59 Å². The fraction of sp³-hybridized carbons (Fsp3) is 0.375. The van der Waals surface area contributed by atoms with E-state index in [1.165, 1.54) is 0 Å². The number of nitrogens with one attached hydrogen (secondary N) is 2. The van der Waals surface area contributed by atoms with Gasteiger partial charge in [0.1, 0.15) is 0 Å². The number of aromatic amines is 1. The van der Waals surface area contributed by atoms with Crippen molar-refractivity contribution in [2.24, 2.45) is 5.92 Å². The quantitative estimate of drug-likeness (QED) is 0.764. The third kappa shape index (κ3) is 3.24. The number of fused-ring (bicyclic) bond motifs is 1. The normalized spacial score (nSPS) is 12.3. The monoisotopic (exact) mass is 288 g/mol. The van der Waals surface area contributed by atoms with Crippen LogP contribution in [0.4, 0.5) is 0 Å². The van der Waals surface area contributed by atoms with Crippen LogP contribution in [0.5, 0.6) is 0 Å². The van der Waals surface area contributed by atoms with Crippen molar-refractivity contribution in [1.82, 2.24) is 10.3 Å². The Morgan fingerprint density at radius 1 is 1.33 bits per heavy atom. The number of carbonyl (C=O) groups excluding carboxylic acids is 1. The number of hydrogen-bond acceptors (Lipinski definition) is 2. The molecule has 0 fully saturated rings. The summed E-state index contributed by atoms with van der Waals surface area (Å²) in [5.74, 6) is -1.63. The third-order valence-electron chi connectivity index (χ3n) is 3.62. The van der Waals surface area contributed by atoms with E-state index in [9.17, 15) is 9.59 Å². The highest BCUT2D eigenvalue weighted by molar-refractivity contribution is 6.08. The summed E-state index contributed by atoms with van der Waals surface area (Å²) < 4.78 is 0. The molecule has 2 aromatic rings. The number of amides is 1. The highest BCUT2D eigenvalue weighted by Crippen LogP contribution is 2.21. The molecule has 1 aromatic carbocycles. The summed E-state index contributed by atoms with van der Waals surface area (Å²) >= 11 is 0. The first-order chi connectivity index (χ1) is 10.0. The Morgan fingerprint density at radius 3 is 2.71 bits per heavy atom. The second-order valence-corrected chi connectivity index (χ2v) is 5.20. The van der Waals surface area contributed by atoms with Gasteiger partial charge in [-0.05, 0) is 19.4 Å². The molecule has 0 aliphatic rings. The fourth-order valence-electron chi connectivity index (χ4n) is 2.53. The molecule has 0 saturated heterocycles. The van der Waals surface area contributed by atoms with E-state index in [-0.39, 0.29) is 12.5 Å². The van der Waals surface area contributed by atoms with Crippen LogP contribution in [-0.4, -0.2) is 28.5 Å². The van der Waals surface area contributed by atoms with E-state index >= 15 is 0 Å². The van der Waals surface area contributed by atoms with Crippen molar-refractivity contribution >= 4 is 22.8 Å². The summed E-state index contributed by atoms with van der Waals surface area (Å²) in [6.45, 7) is 3.93. The zero-order valence-electron chi connectivity index (χ0n) is 12.3. The number of rotatable bonds is 6. The van der Waals surface area contributed by atoms with Crippen LogP contribution in [0.25, 0.3) is 10.9 Å². The van der Waals surface area contributed by atoms with Crippen LogP contribution in [0, 0.1) is 12.8 Å². The van der Waals surface area contributed by atoms with Crippen molar-refractivity contribution in [3.8, 4) is 0 Å². The Balaban J connectivity index is 2.15. The summed E-state index contributed by atoms with van der Waals surface area (Å²) in [6.07, 6.45) is 1.33. The van der Waals surface area contributed by atoms with Crippen molar-refractivity contribution in [2.75, 3.05) is 6.54 Å². The van der Waals surface area contributed by atoms with Gasteiger partial charge >= 0.3 is 5.97 Å². The average molecular weight is 288 g/mol. The summed E-state index contributed by atoms with van der Waals surface area (Å²) in [5.41, 5.74) is 2.28. The van der Waals surface area contributed by atoms with E-state index < -0.39 is 11.9 Å². The smallest absolute Gasteiger partial charge is 0.308 e. The molecule has 21 heavy (non-hydrogen) atoms. The van der Waals surface area contributed by atoms with Gasteiger partial charge in [0, 0.05) is 23.1 Å². The van der Waals surface area contributed by atoms with Crippen molar-refractivity contribution < 1.29 is 14.7 Å². The molecule has 0 aliphatic carbocycles. The molecule has 1 unspecified atom stereocenters. The Morgan fingerprint density at radius 2 is 2.05 bits per heavy atom. The number of hydrogen-bond donors (Lipinski definition) is 3. The molecule has 1 atom stereocenters. The zero-order chi connectivity index (χ0) is 15.4. The number of carboxylic acids is 1. The van der Waals surface area contributed by atoms with E-state index in [2.05, 4.69) is 10.3 Å². The van der Waals surface area contributed by atoms with Crippen LogP contribution in [-0.2, 0) is 4.79 Å².